The van der Waals surface area contributed by atoms with Crippen molar-refractivity contribution in [2.45, 2.75) is 12.3 Å². The smallest absolute Gasteiger partial charge is 0.287 e. The average molecular weight is 296 g/mol. The minimum Gasteiger partial charge on any atom is -0.287 e. The fourth-order valence-corrected chi connectivity index (χ4v) is 2.49. The molecule has 0 aliphatic heterocycles. The Labute approximate surface area is 127 Å². The van der Waals surface area contributed by atoms with E-state index in [9.17, 15) is 13.6 Å². The molecule has 110 valence electrons. The number of Topliss-reactive ketones (excluding diaryl/α,β-unsaturated/α-hetero) is 1. The molecule has 0 amide bonds. The molecule has 0 atom stereocenters. The molecule has 0 fully saturated rings. The number of benzene rings is 3. The zero-order valence-corrected chi connectivity index (χ0v) is 11.8. The fraction of sp³-hybridized carbons (Fsp3) is 0.105. The molecule has 0 saturated carbocycles. The number of hydrogen-bond donors (Lipinski definition) is 0. The fourth-order valence-electron chi connectivity index (χ4n) is 2.49. The van der Waals surface area contributed by atoms with Crippen LogP contribution in [0.15, 0.2) is 72.8 Å². The Morgan fingerprint density at radius 2 is 1.45 bits per heavy atom. The first-order chi connectivity index (χ1) is 10.6. The van der Waals surface area contributed by atoms with E-state index in [-0.39, 0.29) is 5.56 Å². The Balaban J connectivity index is 1.87. The van der Waals surface area contributed by atoms with Gasteiger partial charge in [0, 0.05) is 12.0 Å². The Morgan fingerprint density at radius 1 is 0.818 bits per heavy atom. The van der Waals surface area contributed by atoms with E-state index in [4.69, 9.17) is 0 Å². The Hall–Kier alpha value is -2.55. The maximum Gasteiger partial charge on any atom is 0.313 e. The summed E-state index contributed by atoms with van der Waals surface area (Å²) in [6.45, 7) is 0. The van der Waals surface area contributed by atoms with Gasteiger partial charge in [-0.1, -0.05) is 72.8 Å². The molecule has 0 aromatic heterocycles. The van der Waals surface area contributed by atoms with Crippen LogP contribution in [-0.2, 0) is 6.42 Å². The molecular formula is C19H14F2O. The maximum atomic E-state index is 14.2. The second-order valence-corrected chi connectivity index (χ2v) is 5.26. The van der Waals surface area contributed by atoms with Crippen molar-refractivity contribution in [3.8, 4) is 0 Å². The third-order valence-electron chi connectivity index (χ3n) is 3.61. The number of ketones is 1. The molecule has 22 heavy (non-hydrogen) atoms. The molecule has 0 unspecified atom stereocenters. The molecule has 3 rings (SSSR count). The van der Waals surface area contributed by atoms with E-state index in [0.29, 0.717) is 5.56 Å². The number of carbonyl (C=O) groups excluding carboxylic acids is 1. The average Bonchev–Trinajstić information content (AvgIpc) is 2.54. The van der Waals surface area contributed by atoms with E-state index in [1.807, 2.05) is 24.3 Å². The molecule has 0 bridgehead atoms. The second-order valence-electron chi connectivity index (χ2n) is 5.26. The third kappa shape index (κ3) is 2.89. The summed E-state index contributed by atoms with van der Waals surface area (Å²) in [4.78, 5) is 12.0. The lowest BCUT2D eigenvalue weighted by Gasteiger charge is -2.15. The van der Waals surface area contributed by atoms with Gasteiger partial charge in [0.2, 0.25) is 5.78 Å². The van der Waals surface area contributed by atoms with Gasteiger partial charge in [-0.2, -0.15) is 8.78 Å². The Bertz CT molecular complexity index is 810. The normalized spacial score (nSPS) is 11.5. The highest BCUT2D eigenvalue weighted by Gasteiger charge is 2.39. The van der Waals surface area contributed by atoms with Gasteiger partial charge in [-0.05, 0) is 16.3 Å². The molecule has 0 saturated heterocycles. The van der Waals surface area contributed by atoms with Crippen molar-refractivity contribution in [2.24, 2.45) is 0 Å². The van der Waals surface area contributed by atoms with Crippen molar-refractivity contribution < 1.29 is 13.6 Å². The van der Waals surface area contributed by atoms with E-state index in [1.54, 1.807) is 36.4 Å². The minimum atomic E-state index is -3.41. The van der Waals surface area contributed by atoms with E-state index in [0.717, 1.165) is 10.8 Å². The lowest BCUT2D eigenvalue weighted by Crippen LogP contribution is -2.31. The first-order valence-electron chi connectivity index (χ1n) is 7.02. The van der Waals surface area contributed by atoms with Gasteiger partial charge in [0.25, 0.3) is 0 Å². The van der Waals surface area contributed by atoms with Gasteiger partial charge in [-0.15, -0.1) is 0 Å². The predicted molar refractivity (Wildman–Crippen MR) is 83.4 cm³/mol. The molecule has 3 aromatic carbocycles. The summed E-state index contributed by atoms with van der Waals surface area (Å²) in [5, 5.41) is 1.88. The molecule has 0 aliphatic rings. The standard InChI is InChI=1S/C19H14F2O/c20-19(21,18(22)16-7-2-1-3-8-16)13-14-10-11-15-6-4-5-9-17(15)12-14/h1-12H,13H2. The first-order valence-corrected chi connectivity index (χ1v) is 7.02. The molecule has 3 heteroatoms. The summed E-state index contributed by atoms with van der Waals surface area (Å²) in [6.07, 6.45) is -0.592. The van der Waals surface area contributed by atoms with Gasteiger partial charge < -0.3 is 0 Å². The van der Waals surface area contributed by atoms with Crippen molar-refractivity contribution >= 4 is 16.6 Å². The Morgan fingerprint density at radius 3 is 2.18 bits per heavy atom. The minimum absolute atomic E-state index is 0.0355. The van der Waals surface area contributed by atoms with Crippen LogP contribution in [0.4, 0.5) is 8.78 Å². The quantitative estimate of drug-likeness (QED) is 0.626. The van der Waals surface area contributed by atoms with Gasteiger partial charge in [-0.25, -0.2) is 0 Å². The molecule has 0 radical (unpaired) electrons. The number of halogens is 2. The van der Waals surface area contributed by atoms with E-state index in [2.05, 4.69) is 0 Å². The van der Waals surface area contributed by atoms with E-state index in [1.165, 1.54) is 12.1 Å². The summed E-state index contributed by atoms with van der Waals surface area (Å²) in [5.74, 6) is -4.55. The predicted octanol–water partition coefficient (Wildman–Crippen LogP) is 4.90. The molecular weight excluding hydrogens is 282 g/mol. The summed E-state index contributed by atoms with van der Waals surface area (Å²) in [5.41, 5.74) is 0.487. The molecule has 0 heterocycles. The van der Waals surface area contributed by atoms with Gasteiger partial charge in [0.15, 0.2) is 0 Å². The molecule has 0 aliphatic carbocycles. The zero-order chi connectivity index (χ0) is 15.6. The zero-order valence-electron chi connectivity index (χ0n) is 11.8. The van der Waals surface area contributed by atoms with E-state index >= 15 is 0 Å². The summed E-state index contributed by atoms with van der Waals surface area (Å²) < 4.78 is 28.5. The molecule has 3 aromatic rings. The molecule has 1 nitrogen and oxygen atoms in total. The maximum absolute atomic E-state index is 14.2. The second kappa shape index (κ2) is 5.68. The number of carbonyl (C=O) groups is 1. The third-order valence-corrected chi connectivity index (χ3v) is 3.61. The van der Waals surface area contributed by atoms with Gasteiger partial charge in [0.1, 0.15) is 0 Å². The monoisotopic (exact) mass is 296 g/mol. The van der Waals surface area contributed by atoms with Crippen LogP contribution in [0.2, 0.25) is 0 Å². The summed E-state index contributed by atoms with van der Waals surface area (Å²) in [7, 11) is 0. The number of rotatable bonds is 4. The van der Waals surface area contributed by atoms with Gasteiger partial charge >= 0.3 is 5.92 Å². The lowest BCUT2D eigenvalue weighted by molar-refractivity contribution is 0.0106. The Kier molecular flexibility index (Phi) is 3.72. The van der Waals surface area contributed by atoms with Crippen molar-refractivity contribution in [3.63, 3.8) is 0 Å². The highest BCUT2D eigenvalue weighted by molar-refractivity contribution is 6.01. The van der Waals surface area contributed by atoms with Crippen LogP contribution in [0.1, 0.15) is 15.9 Å². The number of alkyl halides is 2. The van der Waals surface area contributed by atoms with Crippen LogP contribution >= 0.6 is 0 Å². The van der Waals surface area contributed by atoms with E-state index < -0.39 is 18.1 Å². The van der Waals surface area contributed by atoms with Gasteiger partial charge in [0.05, 0.1) is 0 Å². The molecule has 0 N–H and O–H groups in total. The molecule has 0 spiro atoms. The van der Waals surface area contributed by atoms with Crippen molar-refractivity contribution in [3.05, 3.63) is 83.9 Å². The number of hydrogen-bond acceptors (Lipinski definition) is 1. The van der Waals surface area contributed by atoms with Crippen molar-refractivity contribution in [1.82, 2.24) is 0 Å². The van der Waals surface area contributed by atoms with Crippen LogP contribution in [-0.4, -0.2) is 11.7 Å². The number of fused-ring (bicyclic) bond motifs is 1. The van der Waals surface area contributed by atoms with Crippen LogP contribution in [0.5, 0.6) is 0 Å². The van der Waals surface area contributed by atoms with Crippen molar-refractivity contribution in [2.75, 3.05) is 0 Å². The van der Waals surface area contributed by atoms with Crippen molar-refractivity contribution in [1.29, 1.82) is 0 Å². The van der Waals surface area contributed by atoms with Crippen LogP contribution in [0.25, 0.3) is 10.8 Å². The van der Waals surface area contributed by atoms with Crippen LogP contribution < -0.4 is 0 Å². The lowest BCUT2D eigenvalue weighted by atomic mass is 9.97. The first kappa shape index (κ1) is 14.4. The summed E-state index contributed by atoms with van der Waals surface area (Å²) in [6, 6.07) is 20.4. The topological polar surface area (TPSA) is 17.1 Å². The van der Waals surface area contributed by atoms with Crippen LogP contribution in [0, 0.1) is 0 Å². The SMILES string of the molecule is O=C(c1ccccc1)C(F)(F)Cc1ccc2ccccc2c1. The highest BCUT2D eigenvalue weighted by Crippen LogP contribution is 2.26. The van der Waals surface area contributed by atoms with Gasteiger partial charge in [-0.3, -0.25) is 4.79 Å². The van der Waals surface area contributed by atoms with Crippen LogP contribution in [0.3, 0.4) is 0 Å². The summed E-state index contributed by atoms with van der Waals surface area (Å²) >= 11 is 0. The highest BCUT2D eigenvalue weighted by atomic mass is 19.3. The largest absolute Gasteiger partial charge is 0.313 e.